The fraction of sp³-hybridized carbons (Fsp3) is 0.389. The van der Waals surface area contributed by atoms with E-state index in [0.717, 1.165) is 43.3 Å². The molecule has 3 aromatic rings. The number of benzene rings is 1. The van der Waals surface area contributed by atoms with Crippen LogP contribution in [-0.2, 0) is 4.74 Å². The molecule has 124 valence electrons. The molecule has 1 atom stereocenters. The van der Waals surface area contributed by atoms with Crippen molar-refractivity contribution in [2.45, 2.75) is 19.9 Å². The Balaban J connectivity index is 1.59. The average molecular weight is 323 g/mol. The number of fused-ring (bicyclic) bond motifs is 1. The van der Waals surface area contributed by atoms with Gasteiger partial charge < -0.3 is 4.74 Å². The van der Waals surface area contributed by atoms with Gasteiger partial charge in [-0.25, -0.2) is 4.98 Å². The summed E-state index contributed by atoms with van der Waals surface area (Å²) in [5.74, 6) is 1.48. The van der Waals surface area contributed by atoms with Crippen LogP contribution in [-0.4, -0.2) is 50.8 Å². The number of hydrogen-bond donors (Lipinski definition) is 0. The summed E-state index contributed by atoms with van der Waals surface area (Å²) >= 11 is 0. The second-order valence-corrected chi connectivity index (χ2v) is 6.21. The van der Waals surface area contributed by atoms with Crippen molar-refractivity contribution >= 4 is 5.78 Å². The van der Waals surface area contributed by atoms with E-state index >= 15 is 0 Å². The zero-order chi connectivity index (χ0) is 16.5. The lowest BCUT2D eigenvalue weighted by Crippen LogP contribution is -2.37. The minimum Gasteiger partial charge on any atom is -0.379 e. The minimum absolute atomic E-state index is 0.406. The summed E-state index contributed by atoms with van der Waals surface area (Å²) in [5.41, 5.74) is 3.54. The van der Waals surface area contributed by atoms with E-state index in [1.165, 1.54) is 5.56 Å². The normalized spacial score (nSPS) is 17.2. The molecule has 3 heterocycles. The van der Waals surface area contributed by atoms with Crippen LogP contribution in [0.1, 0.15) is 24.4 Å². The Bertz CT molecular complexity index is 836. The van der Waals surface area contributed by atoms with Gasteiger partial charge in [0.1, 0.15) is 5.82 Å². The molecule has 6 nitrogen and oxygen atoms in total. The largest absolute Gasteiger partial charge is 0.379 e. The number of nitrogens with zero attached hydrogens (tertiary/aromatic N) is 5. The minimum atomic E-state index is 0.406. The van der Waals surface area contributed by atoms with Crippen LogP contribution in [0.5, 0.6) is 0 Å². The molecule has 0 unspecified atom stereocenters. The van der Waals surface area contributed by atoms with Crippen molar-refractivity contribution < 1.29 is 4.74 Å². The molecular weight excluding hydrogens is 302 g/mol. The molecule has 1 aliphatic rings. The van der Waals surface area contributed by atoms with Crippen molar-refractivity contribution in [2.75, 3.05) is 26.3 Å². The maximum atomic E-state index is 5.44. The third kappa shape index (κ3) is 2.79. The lowest BCUT2D eigenvalue weighted by Gasteiger charge is -2.32. The Kier molecular flexibility index (Phi) is 4.00. The van der Waals surface area contributed by atoms with Gasteiger partial charge in [0.05, 0.1) is 13.2 Å². The maximum absolute atomic E-state index is 5.44. The first-order valence-corrected chi connectivity index (χ1v) is 8.32. The number of rotatable bonds is 3. The topological polar surface area (TPSA) is 55.5 Å². The van der Waals surface area contributed by atoms with Crippen molar-refractivity contribution in [1.82, 2.24) is 24.5 Å². The summed E-state index contributed by atoms with van der Waals surface area (Å²) in [7, 11) is 0. The van der Waals surface area contributed by atoms with Crippen molar-refractivity contribution in [3.05, 3.63) is 48.0 Å². The Labute approximate surface area is 141 Å². The van der Waals surface area contributed by atoms with Crippen molar-refractivity contribution in [3.8, 4) is 11.1 Å². The summed E-state index contributed by atoms with van der Waals surface area (Å²) in [6.07, 6.45) is 3.89. The quantitative estimate of drug-likeness (QED) is 0.741. The maximum Gasteiger partial charge on any atom is 0.254 e. The van der Waals surface area contributed by atoms with Gasteiger partial charge in [-0.05, 0) is 25.0 Å². The molecule has 0 amide bonds. The molecule has 1 saturated heterocycles. The molecule has 0 radical (unpaired) electrons. The summed E-state index contributed by atoms with van der Waals surface area (Å²) in [4.78, 5) is 6.84. The number of morpholine rings is 1. The van der Waals surface area contributed by atoms with E-state index in [0.29, 0.717) is 11.8 Å². The zero-order valence-electron chi connectivity index (χ0n) is 14.0. The summed E-state index contributed by atoms with van der Waals surface area (Å²) in [6, 6.07) is 9.14. The highest BCUT2D eigenvalue weighted by Gasteiger charge is 2.18. The van der Waals surface area contributed by atoms with Crippen molar-refractivity contribution in [2.24, 2.45) is 0 Å². The number of ether oxygens (including phenoxy) is 1. The molecule has 0 spiro atoms. The molecule has 6 heteroatoms. The third-order valence-corrected chi connectivity index (χ3v) is 4.76. The van der Waals surface area contributed by atoms with Crippen LogP contribution in [0.2, 0.25) is 0 Å². The molecule has 0 aliphatic carbocycles. The fourth-order valence-electron chi connectivity index (χ4n) is 3.18. The van der Waals surface area contributed by atoms with Gasteiger partial charge in [0, 0.05) is 37.1 Å². The predicted octanol–water partition coefficient (Wildman–Crippen LogP) is 2.49. The number of hydrogen-bond acceptors (Lipinski definition) is 5. The Morgan fingerprint density at radius 2 is 1.79 bits per heavy atom. The van der Waals surface area contributed by atoms with E-state index in [1.54, 1.807) is 0 Å². The molecule has 0 N–H and O–H groups in total. The predicted molar refractivity (Wildman–Crippen MR) is 91.8 cm³/mol. The van der Waals surface area contributed by atoms with E-state index in [2.05, 4.69) is 51.3 Å². The van der Waals surface area contributed by atoms with Crippen LogP contribution in [0, 0.1) is 6.92 Å². The van der Waals surface area contributed by atoms with E-state index in [4.69, 9.17) is 4.74 Å². The Morgan fingerprint density at radius 3 is 2.54 bits per heavy atom. The molecule has 1 aliphatic heterocycles. The summed E-state index contributed by atoms with van der Waals surface area (Å²) in [6.45, 7) is 7.83. The van der Waals surface area contributed by atoms with Crippen LogP contribution in [0.4, 0.5) is 0 Å². The van der Waals surface area contributed by atoms with Crippen molar-refractivity contribution in [3.63, 3.8) is 0 Å². The lowest BCUT2D eigenvalue weighted by molar-refractivity contribution is 0.0198. The molecule has 0 bridgehead atoms. The number of aryl methyl sites for hydroxylation is 1. The Hall–Kier alpha value is -2.31. The first kappa shape index (κ1) is 15.2. The average Bonchev–Trinajstić information content (AvgIpc) is 3.02. The third-order valence-electron chi connectivity index (χ3n) is 4.76. The highest BCUT2D eigenvalue weighted by molar-refractivity contribution is 5.63. The number of aromatic nitrogens is 4. The molecule has 1 aromatic carbocycles. The van der Waals surface area contributed by atoms with Crippen LogP contribution in [0.15, 0.2) is 36.7 Å². The van der Waals surface area contributed by atoms with Gasteiger partial charge in [0.25, 0.3) is 5.78 Å². The van der Waals surface area contributed by atoms with Crippen LogP contribution in [0.3, 0.4) is 0 Å². The summed E-state index contributed by atoms with van der Waals surface area (Å²) in [5, 5.41) is 8.08. The van der Waals surface area contributed by atoms with Crippen LogP contribution >= 0.6 is 0 Å². The molecule has 24 heavy (non-hydrogen) atoms. The van der Waals surface area contributed by atoms with Crippen molar-refractivity contribution in [1.29, 1.82) is 0 Å². The lowest BCUT2D eigenvalue weighted by atomic mass is 10.0. The smallest absolute Gasteiger partial charge is 0.254 e. The Morgan fingerprint density at radius 1 is 1.04 bits per heavy atom. The van der Waals surface area contributed by atoms with Gasteiger partial charge >= 0.3 is 0 Å². The van der Waals surface area contributed by atoms with E-state index in [-0.39, 0.29) is 0 Å². The fourth-order valence-corrected chi connectivity index (χ4v) is 3.18. The molecule has 4 rings (SSSR count). The second-order valence-electron chi connectivity index (χ2n) is 6.21. The SMILES string of the molecule is Cc1nnc2ncc(-c3ccc([C@H](C)N4CCOCC4)cc3)cn12. The highest BCUT2D eigenvalue weighted by Crippen LogP contribution is 2.25. The molecule has 1 fully saturated rings. The molecule has 0 saturated carbocycles. The first-order chi connectivity index (χ1) is 11.7. The molecular formula is C18H21N5O. The monoisotopic (exact) mass is 323 g/mol. The molecule has 2 aromatic heterocycles. The summed E-state index contributed by atoms with van der Waals surface area (Å²) < 4.78 is 7.36. The van der Waals surface area contributed by atoms with Gasteiger partial charge in [0.2, 0.25) is 0 Å². The van der Waals surface area contributed by atoms with E-state index in [1.807, 2.05) is 23.7 Å². The van der Waals surface area contributed by atoms with Gasteiger partial charge in [-0.1, -0.05) is 24.3 Å². The van der Waals surface area contributed by atoms with Crippen LogP contribution in [0.25, 0.3) is 16.9 Å². The van der Waals surface area contributed by atoms with Gasteiger partial charge in [0.15, 0.2) is 0 Å². The van der Waals surface area contributed by atoms with E-state index in [9.17, 15) is 0 Å². The van der Waals surface area contributed by atoms with Crippen LogP contribution < -0.4 is 0 Å². The highest BCUT2D eigenvalue weighted by atomic mass is 16.5. The van der Waals surface area contributed by atoms with E-state index < -0.39 is 0 Å². The van der Waals surface area contributed by atoms with Gasteiger partial charge in [-0.15, -0.1) is 10.2 Å². The van der Waals surface area contributed by atoms with Gasteiger partial charge in [-0.3, -0.25) is 9.30 Å². The van der Waals surface area contributed by atoms with Gasteiger partial charge in [-0.2, -0.15) is 0 Å². The second kappa shape index (κ2) is 6.30. The standard InChI is InChI=1S/C18H21N5O/c1-13(22-7-9-24-10-8-22)15-3-5-16(6-4-15)17-11-19-18-21-20-14(2)23(18)12-17/h3-6,11-13H,7-10H2,1-2H3/t13-/m0/s1. The zero-order valence-corrected chi connectivity index (χ0v) is 14.0. The first-order valence-electron chi connectivity index (χ1n) is 8.32.